The number of anilines is 1. The van der Waals surface area contributed by atoms with Gasteiger partial charge in [0.2, 0.25) is 0 Å². The third-order valence-electron chi connectivity index (χ3n) is 4.76. The minimum absolute atomic E-state index is 0.567. The summed E-state index contributed by atoms with van der Waals surface area (Å²) < 4.78 is 0. The Hall–Kier alpha value is -1.09. The van der Waals surface area contributed by atoms with Crippen molar-refractivity contribution in [1.29, 1.82) is 0 Å². The molecule has 0 N–H and O–H groups in total. The van der Waals surface area contributed by atoms with Crippen LogP contribution < -0.4 is 4.90 Å². The van der Waals surface area contributed by atoms with Crippen LogP contribution in [0.3, 0.4) is 0 Å². The van der Waals surface area contributed by atoms with Crippen LogP contribution in [0.4, 0.5) is 5.82 Å². The number of nitrogens with zero attached hydrogens (tertiary/aromatic N) is 3. The molecule has 3 nitrogen and oxygen atoms in total. The molecule has 0 spiro atoms. The molecule has 0 aromatic carbocycles. The summed E-state index contributed by atoms with van der Waals surface area (Å²) in [7, 11) is 2.24. The molecule has 0 radical (unpaired) electrons. The summed E-state index contributed by atoms with van der Waals surface area (Å²) in [6, 6.07) is 5.94. The number of fused-ring (bicyclic) bond motifs is 2. The number of hydrogen-bond acceptors (Lipinski definition) is 3. The fourth-order valence-corrected chi connectivity index (χ4v) is 3.62. The predicted octanol–water partition coefficient (Wildman–Crippen LogP) is 2.66. The quantitative estimate of drug-likeness (QED) is 0.832. The average Bonchev–Trinajstić information content (AvgIpc) is 2.96. The van der Waals surface area contributed by atoms with Crippen molar-refractivity contribution in [3.8, 4) is 0 Å². The summed E-state index contributed by atoms with van der Waals surface area (Å²) in [6.45, 7) is 9.06. The van der Waals surface area contributed by atoms with Crippen LogP contribution >= 0.6 is 0 Å². The van der Waals surface area contributed by atoms with Crippen molar-refractivity contribution in [1.82, 2.24) is 9.88 Å². The summed E-state index contributed by atoms with van der Waals surface area (Å²) in [5, 5.41) is 0. The molecule has 0 unspecified atom stereocenters. The Balaban J connectivity index is 1.87. The fourth-order valence-electron chi connectivity index (χ4n) is 3.62. The number of piperazine rings is 1. The summed E-state index contributed by atoms with van der Waals surface area (Å²) in [5.74, 6) is 1.76. The first-order chi connectivity index (χ1) is 9.10. The molecule has 0 amide bonds. The van der Waals surface area contributed by atoms with Crippen LogP contribution in [0.1, 0.15) is 44.4 Å². The van der Waals surface area contributed by atoms with E-state index in [1.165, 1.54) is 30.0 Å². The van der Waals surface area contributed by atoms with Crippen molar-refractivity contribution in [3.05, 3.63) is 23.4 Å². The highest BCUT2D eigenvalue weighted by atomic mass is 15.4. The Kier molecular flexibility index (Phi) is 3.25. The maximum absolute atomic E-state index is 4.95. The average molecular weight is 259 g/mol. The lowest BCUT2D eigenvalue weighted by molar-refractivity contribution is 0.292. The van der Waals surface area contributed by atoms with Gasteiger partial charge < -0.3 is 4.90 Å². The first kappa shape index (κ1) is 12.9. The Morgan fingerprint density at radius 2 is 2.05 bits per heavy atom. The third-order valence-corrected chi connectivity index (χ3v) is 4.76. The lowest BCUT2D eigenvalue weighted by Crippen LogP contribution is -2.45. The van der Waals surface area contributed by atoms with Gasteiger partial charge in [-0.2, -0.15) is 0 Å². The molecule has 2 atom stereocenters. The molecule has 2 bridgehead atoms. The van der Waals surface area contributed by atoms with E-state index >= 15 is 0 Å². The van der Waals surface area contributed by atoms with Crippen molar-refractivity contribution in [2.24, 2.45) is 0 Å². The van der Waals surface area contributed by atoms with Gasteiger partial charge in [0.1, 0.15) is 5.82 Å². The van der Waals surface area contributed by atoms with Crippen LogP contribution in [-0.4, -0.2) is 42.1 Å². The summed E-state index contributed by atoms with van der Waals surface area (Å²) >= 11 is 0. The summed E-state index contributed by atoms with van der Waals surface area (Å²) in [5.41, 5.74) is 2.69. The van der Waals surface area contributed by atoms with Crippen LogP contribution in [0.5, 0.6) is 0 Å². The number of aryl methyl sites for hydroxylation is 1. The zero-order valence-corrected chi connectivity index (χ0v) is 12.6. The maximum atomic E-state index is 4.95. The lowest BCUT2D eigenvalue weighted by atomic mass is 10.00. The molecule has 1 aromatic rings. The highest BCUT2D eigenvalue weighted by Crippen LogP contribution is 2.33. The molecule has 0 aliphatic carbocycles. The van der Waals surface area contributed by atoms with Crippen LogP contribution in [0, 0.1) is 0 Å². The number of aromatic nitrogens is 1. The van der Waals surface area contributed by atoms with Crippen molar-refractivity contribution in [2.75, 3.05) is 25.0 Å². The number of likely N-dealkylation sites (N-methyl/N-ethyl adjacent to an activating group) is 1. The minimum atomic E-state index is 0.567. The Morgan fingerprint density at radius 3 is 2.58 bits per heavy atom. The van der Waals surface area contributed by atoms with Gasteiger partial charge in [-0.25, -0.2) is 4.98 Å². The SMILES string of the molecule is CCc1nc(N2C[C@H]3C[C@@H]2CN3C)ccc1C(C)C. The second-order valence-corrected chi connectivity index (χ2v) is 6.35. The highest BCUT2D eigenvalue weighted by Gasteiger charge is 2.41. The molecule has 3 heterocycles. The van der Waals surface area contributed by atoms with Crippen molar-refractivity contribution >= 4 is 5.82 Å². The zero-order valence-electron chi connectivity index (χ0n) is 12.6. The molecule has 0 saturated carbocycles. The van der Waals surface area contributed by atoms with Gasteiger partial charge in [-0.15, -0.1) is 0 Å². The molecule has 19 heavy (non-hydrogen) atoms. The van der Waals surface area contributed by atoms with E-state index in [1.807, 2.05) is 0 Å². The number of pyridine rings is 1. The molecule has 2 aliphatic heterocycles. The number of rotatable bonds is 3. The van der Waals surface area contributed by atoms with E-state index in [0.717, 1.165) is 19.0 Å². The molecule has 104 valence electrons. The smallest absolute Gasteiger partial charge is 0.129 e. The Morgan fingerprint density at radius 1 is 1.26 bits per heavy atom. The van der Waals surface area contributed by atoms with E-state index in [2.05, 4.69) is 49.8 Å². The van der Waals surface area contributed by atoms with Gasteiger partial charge in [-0.3, -0.25) is 4.90 Å². The van der Waals surface area contributed by atoms with Gasteiger partial charge in [-0.05, 0) is 37.4 Å². The standard InChI is InChI=1S/C16H25N3/c1-5-15-14(11(2)3)6-7-16(17-15)19-10-12-8-13(19)9-18(12)4/h6-7,11-13H,5,8-10H2,1-4H3/t12-,13-/m1/s1. The number of likely N-dealkylation sites (tertiary alicyclic amines) is 1. The Bertz CT molecular complexity index is 467. The lowest BCUT2D eigenvalue weighted by Gasteiger charge is -2.33. The maximum Gasteiger partial charge on any atom is 0.129 e. The topological polar surface area (TPSA) is 19.4 Å². The van der Waals surface area contributed by atoms with E-state index in [9.17, 15) is 0 Å². The predicted molar refractivity (Wildman–Crippen MR) is 79.9 cm³/mol. The molecule has 3 rings (SSSR count). The van der Waals surface area contributed by atoms with Crippen molar-refractivity contribution in [2.45, 2.75) is 51.6 Å². The molecule has 2 aliphatic rings. The first-order valence-corrected chi connectivity index (χ1v) is 7.56. The minimum Gasteiger partial charge on any atom is -0.351 e. The number of hydrogen-bond donors (Lipinski definition) is 0. The molecular weight excluding hydrogens is 234 g/mol. The molecule has 2 fully saturated rings. The van der Waals surface area contributed by atoms with Crippen LogP contribution in [0.2, 0.25) is 0 Å². The van der Waals surface area contributed by atoms with E-state index in [1.54, 1.807) is 0 Å². The summed E-state index contributed by atoms with van der Waals surface area (Å²) in [4.78, 5) is 9.96. The fraction of sp³-hybridized carbons (Fsp3) is 0.688. The third kappa shape index (κ3) is 2.14. The molecular formula is C16H25N3. The first-order valence-electron chi connectivity index (χ1n) is 7.56. The molecule has 3 heteroatoms. The van der Waals surface area contributed by atoms with Gasteiger partial charge >= 0.3 is 0 Å². The zero-order chi connectivity index (χ0) is 13.6. The van der Waals surface area contributed by atoms with E-state index in [0.29, 0.717) is 12.0 Å². The van der Waals surface area contributed by atoms with Crippen molar-refractivity contribution < 1.29 is 0 Å². The van der Waals surface area contributed by atoms with Gasteiger partial charge in [0.15, 0.2) is 0 Å². The molecule has 2 saturated heterocycles. The highest BCUT2D eigenvalue weighted by molar-refractivity contribution is 5.46. The largest absolute Gasteiger partial charge is 0.351 e. The van der Waals surface area contributed by atoms with Crippen LogP contribution in [-0.2, 0) is 6.42 Å². The van der Waals surface area contributed by atoms with Gasteiger partial charge in [-0.1, -0.05) is 26.8 Å². The second kappa shape index (κ2) is 4.78. The van der Waals surface area contributed by atoms with Crippen molar-refractivity contribution in [3.63, 3.8) is 0 Å². The van der Waals surface area contributed by atoms with E-state index < -0.39 is 0 Å². The van der Waals surface area contributed by atoms with Gasteiger partial charge in [0, 0.05) is 30.9 Å². The Labute approximate surface area is 116 Å². The summed E-state index contributed by atoms with van der Waals surface area (Å²) in [6.07, 6.45) is 2.34. The van der Waals surface area contributed by atoms with E-state index in [-0.39, 0.29) is 0 Å². The molecule has 1 aromatic heterocycles. The van der Waals surface area contributed by atoms with E-state index in [4.69, 9.17) is 4.98 Å². The van der Waals surface area contributed by atoms with Crippen LogP contribution in [0.15, 0.2) is 12.1 Å². The monoisotopic (exact) mass is 259 g/mol. The van der Waals surface area contributed by atoms with Gasteiger partial charge in [0.25, 0.3) is 0 Å². The normalized spacial score (nSPS) is 26.7. The van der Waals surface area contributed by atoms with Gasteiger partial charge in [0.05, 0.1) is 0 Å². The second-order valence-electron chi connectivity index (χ2n) is 6.35. The van der Waals surface area contributed by atoms with Crippen LogP contribution in [0.25, 0.3) is 0 Å².